The third kappa shape index (κ3) is 4.55. The van der Waals surface area contributed by atoms with Gasteiger partial charge in [-0.25, -0.2) is 0 Å². The van der Waals surface area contributed by atoms with Gasteiger partial charge in [-0.3, -0.25) is 4.79 Å². The van der Waals surface area contributed by atoms with Gasteiger partial charge in [-0.2, -0.15) is 0 Å². The molecule has 0 saturated heterocycles. The van der Waals surface area contributed by atoms with Crippen LogP contribution in [0.5, 0.6) is 0 Å². The van der Waals surface area contributed by atoms with Gasteiger partial charge in [0.15, 0.2) is 0 Å². The Hall–Kier alpha value is -1.57. The normalized spacial score (nSPS) is 14.8. The summed E-state index contributed by atoms with van der Waals surface area (Å²) in [6.07, 6.45) is 8.60. The van der Waals surface area contributed by atoms with E-state index in [0.29, 0.717) is 11.8 Å². The molecule has 0 radical (unpaired) electrons. The lowest BCUT2D eigenvalue weighted by Crippen LogP contribution is -2.33. The maximum absolute atomic E-state index is 12.1. The lowest BCUT2D eigenvalue weighted by atomic mass is 10.2. The number of amides is 1. The van der Waals surface area contributed by atoms with E-state index in [9.17, 15) is 4.79 Å². The molecule has 0 spiro atoms. The van der Waals surface area contributed by atoms with Crippen molar-refractivity contribution >= 4 is 12.0 Å². The number of hydrogen-bond acceptors (Lipinski definition) is 1. The monoisotopic (exact) mass is 257 g/mol. The molecule has 1 aliphatic rings. The summed E-state index contributed by atoms with van der Waals surface area (Å²) in [5, 5.41) is 0. The van der Waals surface area contributed by atoms with Gasteiger partial charge in [0.25, 0.3) is 0 Å². The lowest BCUT2D eigenvalue weighted by Gasteiger charge is -2.20. The summed E-state index contributed by atoms with van der Waals surface area (Å²) in [5.41, 5.74) is 1.19. The molecule has 2 nitrogen and oxygen atoms in total. The average Bonchev–Trinajstić information content (AvgIpc) is 3.27. The minimum atomic E-state index is 0.321. The van der Waals surface area contributed by atoms with E-state index < -0.39 is 0 Å². The molecule has 19 heavy (non-hydrogen) atoms. The molecule has 0 unspecified atom stereocenters. The molecule has 0 heterocycles. The Morgan fingerprint density at radius 3 is 2.68 bits per heavy atom. The molecule has 0 bridgehead atoms. The third-order valence-corrected chi connectivity index (χ3v) is 3.46. The van der Waals surface area contributed by atoms with E-state index in [1.165, 1.54) is 5.56 Å². The summed E-state index contributed by atoms with van der Waals surface area (Å²) in [6.45, 7) is 3.80. The van der Waals surface area contributed by atoms with E-state index in [-0.39, 0.29) is 0 Å². The zero-order valence-electron chi connectivity index (χ0n) is 11.7. The lowest BCUT2D eigenvalue weighted by molar-refractivity contribution is -0.132. The quantitative estimate of drug-likeness (QED) is 0.728. The molecule has 2 rings (SSSR count). The van der Waals surface area contributed by atoms with Gasteiger partial charge in [-0.1, -0.05) is 55.8 Å². The van der Waals surface area contributed by atoms with Crippen LogP contribution in [0.25, 0.3) is 6.08 Å². The summed E-state index contributed by atoms with van der Waals surface area (Å²) in [4.78, 5) is 14.2. The molecule has 0 N–H and O–H groups in total. The van der Waals surface area contributed by atoms with Gasteiger partial charge in [0.2, 0.25) is 5.91 Å². The predicted molar refractivity (Wildman–Crippen MR) is 79.7 cm³/mol. The Morgan fingerprint density at radius 2 is 2.05 bits per heavy atom. The number of nitrogens with zero attached hydrogens (tertiary/aromatic N) is 1. The van der Waals surface area contributed by atoms with Crippen LogP contribution in [0.2, 0.25) is 0 Å². The summed E-state index contributed by atoms with van der Waals surface area (Å²) >= 11 is 0. The zero-order chi connectivity index (χ0) is 13.5. The third-order valence-electron chi connectivity index (χ3n) is 3.46. The van der Waals surface area contributed by atoms with Gasteiger partial charge >= 0.3 is 0 Å². The van der Waals surface area contributed by atoms with Crippen molar-refractivity contribution in [2.75, 3.05) is 13.1 Å². The van der Waals surface area contributed by atoms with Gasteiger partial charge in [0.1, 0.15) is 0 Å². The topological polar surface area (TPSA) is 20.3 Å². The van der Waals surface area contributed by atoms with Crippen molar-refractivity contribution in [2.45, 2.75) is 32.6 Å². The first-order chi connectivity index (χ1) is 9.31. The Bertz CT molecular complexity index is 420. The fraction of sp³-hybridized carbons (Fsp3) is 0.471. The molecule has 1 aromatic carbocycles. The Balaban J connectivity index is 1.88. The van der Waals surface area contributed by atoms with Gasteiger partial charge < -0.3 is 4.90 Å². The molecule has 1 amide bonds. The van der Waals surface area contributed by atoms with Crippen molar-refractivity contribution in [1.82, 2.24) is 4.90 Å². The van der Waals surface area contributed by atoms with Crippen LogP contribution in [-0.4, -0.2) is 23.9 Å². The highest BCUT2D eigenvalue weighted by Crippen LogP contribution is 2.31. The minimum Gasteiger partial charge on any atom is -0.339 e. The zero-order valence-corrected chi connectivity index (χ0v) is 11.7. The second-order valence-corrected chi connectivity index (χ2v) is 5.23. The number of rotatable bonds is 7. The van der Waals surface area contributed by atoms with E-state index in [0.717, 1.165) is 38.8 Å². The number of hydrogen-bond donors (Lipinski definition) is 0. The highest BCUT2D eigenvalue weighted by Gasteiger charge is 2.32. The molecule has 0 aromatic heterocycles. The fourth-order valence-electron chi connectivity index (χ4n) is 2.11. The Morgan fingerprint density at radius 1 is 1.32 bits per heavy atom. The molecule has 102 valence electrons. The van der Waals surface area contributed by atoms with Crippen molar-refractivity contribution < 1.29 is 4.79 Å². The second-order valence-electron chi connectivity index (χ2n) is 5.23. The summed E-state index contributed by atoms with van der Waals surface area (Å²) in [7, 11) is 0. The first-order valence-electron chi connectivity index (χ1n) is 7.31. The molecule has 1 aliphatic carbocycles. The number of carbonyl (C=O) groups excluding carboxylic acids is 1. The molecule has 1 saturated carbocycles. The van der Waals surface area contributed by atoms with Crippen LogP contribution in [0.1, 0.15) is 38.2 Å². The van der Waals surface area contributed by atoms with Gasteiger partial charge in [0.05, 0.1) is 0 Å². The standard InChI is InChI=1S/C17H23NO/c1-2-3-13-18(17(19)16-11-12-16)14-7-10-15-8-5-4-6-9-15/h4-10,16H,2-3,11-14H2,1H3/b10-7-. The molecule has 0 atom stereocenters. The highest BCUT2D eigenvalue weighted by molar-refractivity contribution is 5.81. The first kappa shape index (κ1) is 13.9. The van der Waals surface area contributed by atoms with Crippen LogP contribution >= 0.6 is 0 Å². The van der Waals surface area contributed by atoms with Crippen LogP contribution < -0.4 is 0 Å². The first-order valence-corrected chi connectivity index (χ1v) is 7.31. The van der Waals surface area contributed by atoms with Crippen molar-refractivity contribution in [3.63, 3.8) is 0 Å². The number of carbonyl (C=O) groups is 1. The molecule has 1 fully saturated rings. The smallest absolute Gasteiger partial charge is 0.225 e. The molecule has 0 aliphatic heterocycles. The van der Waals surface area contributed by atoms with Crippen molar-refractivity contribution in [1.29, 1.82) is 0 Å². The van der Waals surface area contributed by atoms with Crippen LogP contribution in [0.15, 0.2) is 36.4 Å². The summed E-state index contributed by atoms with van der Waals surface area (Å²) in [6, 6.07) is 10.2. The van der Waals surface area contributed by atoms with Crippen molar-refractivity contribution in [3.05, 3.63) is 42.0 Å². The fourth-order valence-corrected chi connectivity index (χ4v) is 2.11. The second kappa shape index (κ2) is 7.13. The Kier molecular flexibility index (Phi) is 5.20. The van der Waals surface area contributed by atoms with E-state index in [2.05, 4.69) is 31.2 Å². The number of benzene rings is 1. The van der Waals surface area contributed by atoms with Crippen LogP contribution in [0.3, 0.4) is 0 Å². The van der Waals surface area contributed by atoms with Gasteiger partial charge in [-0.05, 0) is 24.8 Å². The SMILES string of the molecule is CCCCN(C/C=C\c1ccccc1)C(=O)C1CC1. The molecular formula is C17H23NO. The van der Waals surface area contributed by atoms with Crippen LogP contribution in [0, 0.1) is 5.92 Å². The molecular weight excluding hydrogens is 234 g/mol. The minimum absolute atomic E-state index is 0.321. The maximum atomic E-state index is 12.1. The predicted octanol–water partition coefficient (Wildman–Crippen LogP) is 3.74. The van der Waals surface area contributed by atoms with E-state index >= 15 is 0 Å². The molecule has 2 heteroatoms. The Labute approximate surface area is 116 Å². The largest absolute Gasteiger partial charge is 0.339 e. The van der Waals surface area contributed by atoms with Crippen LogP contribution in [-0.2, 0) is 4.79 Å². The van der Waals surface area contributed by atoms with Crippen LogP contribution in [0.4, 0.5) is 0 Å². The maximum Gasteiger partial charge on any atom is 0.225 e. The van der Waals surface area contributed by atoms with E-state index in [4.69, 9.17) is 0 Å². The highest BCUT2D eigenvalue weighted by atomic mass is 16.2. The summed E-state index contributed by atoms with van der Waals surface area (Å²) in [5.74, 6) is 0.674. The van der Waals surface area contributed by atoms with Gasteiger partial charge in [0, 0.05) is 19.0 Å². The van der Waals surface area contributed by atoms with Gasteiger partial charge in [-0.15, -0.1) is 0 Å². The van der Waals surface area contributed by atoms with Crippen molar-refractivity contribution in [2.24, 2.45) is 5.92 Å². The summed E-state index contributed by atoms with van der Waals surface area (Å²) < 4.78 is 0. The van der Waals surface area contributed by atoms with E-state index in [1.807, 2.05) is 23.1 Å². The average molecular weight is 257 g/mol. The van der Waals surface area contributed by atoms with Crippen molar-refractivity contribution in [3.8, 4) is 0 Å². The van der Waals surface area contributed by atoms with E-state index in [1.54, 1.807) is 0 Å². The number of unbranched alkanes of at least 4 members (excludes halogenated alkanes) is 1. The molecule has 1 aromatic rings.